The highest BCUT2D eigenvalue weighted by atomic mass is 35.5. The van der Waals surface area contributed by atoms with E-state index in [0.29, 0.717) is 35.8 Å². The van der Waals surface area contributed by atoms with Gasteiger partial charge in [-0.05, 0) is 36.6 Å². The normalized spacial score (nSPS) is 22.3. The summed E-state index contributed by atoms with van der Waals surface area (Å²) in [7, 11) is 1.51. The number of nitrogens with one attached hydrogen (secondary N) is 1. The Labute approximate surface area is 165 Å². The summed E-state index contributed by atoms with van der Waals surface area (Å²) in [5, 5.41) is 13.4. The second-order valence-corrected chi connectivity index (χ2v) is 8.73. The zero-order valence-corrected chi connectivity index (χ0v) is 17.2. The molecule has 1 fully saturated rings. The van der Waals surface area contributed by atoms with Crippen molar-refractivity contribution in [2.45, 2.75) is 39.5 Å². The average Bonchev–Trinajstić information content (AvgIpc) is 2.59. The van der Waals surface area contributed by atoms with Crippen molar-refractivity contribution in [2.24, 2.45) is 11.3 Å². The smallest absolute Gasteiger partial charge is 0.251 e. The number of methoxy groups -OCH3 is 1. The van der Waals surface area contributed by atoms with E-state index in [4.69, 9.17) is 16.3 Å². The first-order valence-electron chi connectivity index (χ1n) is 9.27. The molecule has 2 rings (SSSR count). The predicted molar refractivity (Wildman–Crippen MR) is 105 cm³/mol. The van der Waals surface area contributed by atoms with Crippen LogP contribution in [-0.4, -0.2) is 61.5 Å². The first-order chi connectivity index (χ1) is 12.6. The van der Waals surface area contributed by atoms with Gasteiger partial charge in [-0.2, -0.15) is 0 Å². The number of piperidine rings is 1. The number of halogens is 2. The molecule has 1 saturated heterocycles. The molecule has 27 heavy (non-hydrogen) atoms. The summed E-state index contributed by atoms with van der Waals surface area (Å²) >= 11 is 5.99. The molecule has 0 aliphatic carbocycles. The minimum absolute atomic E-state index is 0.228. The van der Waals surface area contributed by atoms with Crippen molar-refractivity contribution in [2.75, 3.05) is 33.3 Å². The van der Waals surface area contributed by atoms with E-state index in [2.05, 4.69) is 5.32 Å². The Balaban J connectivity index is 1.85. The molecule has 3 atom stereocenters. The number of hydrogen-bond donors (Lipinski definition) is 2. The summed E-state index contributed by atoms with van der Waals surface area (Å²) in [6.45, 7) is 7.63. The van der Waals surface area contributed by atoms with Crippen LogP contribution in [0.25, 0.3) is 0 Å². The highest BCUT2D eigenvalue weighted by Gasteiger charge is 2.32. The molecule has 2 N–H and O–H groups in total. The van der Waals surface area contributed by atoms with Crippen LogP contribution < -0.4 is 10.1 Å². The number of benzene rings is 1. The molecule has 1 aliphatic heterocycles. The van der Waals surface area contributed by atoms with E-state index in [1.54, 1.807) is 18.2 Å². The predicted octanol–water partition coefficient (Wildman–Crippen LogP) is 3.15. The Kier molecular flexibility index (Phi) is 7.48. The maximum atomic E-state index is 14.6. The molecule has 0 bridgehead atoms. The lowest BCUT2D eigenvalue weighted by molar-refractivity contribution is 0.00151. The van der Waals surface area contributed by atoms with Gasteiger partial charge in [0, 0.05) is 36.1 Å². The van der Waals surface area contributed by atoms with Crippen molar-refractivity contribution in [3.63, 3.8) is 0 Å². The van der Waals surface area contributed by atoms with E-state index in [-0.39, 0.29) is 30.3 Å². The molecule has 7 heteroatoms. The molecular formula is C20H30ClFN2O3. The zero-order valence-electron chi connectivity index (χ0n) is 16.5. The highest BCUT2D eigenvalue weighted by molar-refractivity contribution is 6.31. The van der Waals surface area contributed by atoms with Gasteiger partial charge in [0.1, 0.15) is 11.9 Å². The zero-order chi connectivity index (χ0) is 20.2. The van der Waals surface area contributed by atoms with Crippen molar-refractivity contribution >= 4 is 17.5 Å². The molecule has 5 nitrogen and oxygen atoms in total. The van der Waals surface area contributed by atoms with Crippen molar-refractivity contribution in [3.05, 3.63) is 28.8 Å². The van der Waals surface area contributed by atoms with Crippen LogP contribution >= 0.6 is 11.6 Å². The third kappa shape index (κ3) is 6.33. The van der Waals surface area contributed by atoms with Gasteiger partial charge in [-0.1, -0.05) is 32.4 Å². The fourth-order valence-corrected chi connectivity index (χ4v) is 3.29. The van der Waals surface area contributed by atoms with E-state index in [9.17, 15) is 14.3 Å². The van der Waals surface area contributed by atoms with E-state index >= 15 is 0 Å². The van der Waals surface area contributed by atoms with Crippen LogP contribution in [0.1, 0.15) is 37.6 Å². The topological polar surface area (TPSA) is 61.8 Å². The maximum Gasteiger partial charge on any atom is 0.251 e. The van der Waals surface area contributed by atoms with Crippen molar-refractivity contribution in [1.82, 2.24) is 10.2 Å². The van der Waals surface area contributed by atoms with Gasteiger partial charge in [-0.25, -0.2) is 4.39 Å². The number of nitrogens with zero attached hydrogens (tertiary/aromatic N) is 1. The summed E-state index contributed by atoms with van der Waals surface area (Å²) in [4.78, 5) is 14.3. The van der Waals surface area contributed by atoms with E-state index in [1.807, 2.05) is 25.7 Å². The Hall–Kier alpha value is -1.37. The van der Waals surface area contributed by atoms with Crippen molar-refractivity contribution < 1.29 is 19.0 Å². The molecule has 1 heterocycles. The first-order valence-corrected chi connectivity index (χ1v) is 9.65. The molecule has 0 unspecified atom stereocenters. The fourth-order valence-electron chi connectivity index (χ4n) is 3.07. The lowest BCUT2D eigenvalue weighted by Crippen LogP contribution is -2.49. The Morgan fingerprint density at radius 1 is 1.44 bits per heavy atom. The van der Waals surface area contributed by atoms with Gasteiger partial charge in [0.25, 0.3) is 5.91 Å². The van der Waals surface area contributed by atoms with Gasteiger partial charge in [-0.15, -0.1) is 0 Å². The second-order valence-electron chi connectivity index (χ2n) is 8.30. The number of aliphatic hydroxyl groups is 1. The summed E-state index contributed by atoms with van der Waals surface area (Å²) in [5.74, 6) is -0.0339. The minimum Gasteiger partial charge on any atom is -0.497 e. The summed E-state index contributed by atoms with van der Waals surface area (Å²) in [5.41, 5.74) is 0.162. The third-order valence-electron chi connectivity index (χ3n) is 5.09. The first kappa shape index (κ1) is 21.9. The summed E-state index contributed by atoms with van der Waals surface area (Å²) in [6.07, 6.45) is -0.907. The number of hydrogen-bond acceptors (Lipinski definition) is 4. The maximum absolute atomic E-state index is 14.6. The number of rotatable bonds is 6. The highest BCUT2D eigenvalue weighted by Crippen LogP contribution is 2.25. The molecule has 1 amide bonds. The number of carbonyl (C=O) groups excluding carboxylic acids is 1. The van der Waals surface area contributed by atoms with Crippen LogP contribution in [0.3, 0.4) is 0 Å². The van der Waals surface area contributed by atoms with Crippen molar-refractivity contribution in [3.8, 4) is 5.75 Å². The van der Waals surface area contributed by atoms with Gasteiger partial charge in [0.2, 0.25) is 0 Å². The Morgan fingerprint density at radius 3 is 2.74 bits per heavy atom. The summed E-state index contributed by atoms with van der Waals surface area (Å²) in [6, 6.07) is 4.78. The lowest BCUT2D eigenvalue weighted by Gasteiger charge is -2.38. The number of carbonyl (C=O) groups is 1. The van der Waals surface area contributed by atoms with Crippen LogP contribution in [0, 0.1) is 11.3 Å². The van der Waals surface area contributed by atoms with Gasteiger partial charge in [0.15, 0.2) is 0 Å². The lowest BCUT2D eigenvalue weighted by atomic mass is 9.87. The van der Waals surface area contributed by atoms with Crippen LogP contribution in [0.4, 0.5) is 4.39 Å². The number of alkyl halides is 1. The number of amides is 1. The SMILES string of the molecule is COc1cc(Cl)cc(C(=O)NC[C@H]2CCN(C[C@H](O)C(C)(C)C)C[C@H]2F)c1. The van der Waals surface area contributed by atoms with Gasteiger partial charge >= 0.3 is 0 Å². The Bertz CT molecular complexity index is 651. The molecule has 0 radical (unpaired) electrons. The van der Waals surface area contributed by atoms with Gasteiger partial charge in [-0.3, -0.25) is 9.69 Å². The molecule has 0 spiro atoms. The molecule has 0 saturated carbocycles. The second kappa shape index (κ2) is 9.22. The van der Waals surface area contributed by atoms with Gasteiger partial charge < -0.3 is 15.2 Å². The minimum atomic E-state index is -1.04. The van der Waals surface area contributed by atoms with Crippen LogP contribution in [0.15, 0.2) is 18.2 Å². The van der Waals surface area contributed by atoms with Gasteiger partial charge in [0.05, 0.1) is 13.2 Å². The van der Waals surface area contributed by atoms with E-state index < -0.39 is 12.3 Å². The van der Waals surface area contributed by atoms with Crippen LogP contribution in [0.2, 0.25) is 5.02 Å². The molecule has 152 valence electrons. The molecule has 1 aromatic rings. The number of ether oxygens (including phenoxy) is 1. The third-order valence-corrected chi connectivity index (χ3v) is 5.30. The van der Waals surface area contributed by atoms with Crippen LogP contribution in [0.5, 0.6) is 5.75 Å². The standard InChI is InChI=1S/C20H30ClFN2O3/c1-20(2,3)18(25)12-24-6-5-13(17(22)11-24)10-23-19(26)14-7-15(21)9-16(8-14)27-4/h7-9,13,17-18,25H,5-6,10-12H2,1-4H3,(H,23,26)/t13-,17-,18+/m1/s1. The van der Waals surface area contributed by atoms with Crippen LogP contribution in [-0.2, 0) is 0 Å². The number of aliphatic hydroxyl groups excluding tert-OH is 1. The summed E-state index contributed by atoms with van der Waals surface area (Å²) < 4.78 is 19.7. The fraction of sp³-hybridized carbons (Fsp3) is 0.650. The molecule has 0 aromatic heterocycles. The number of β-amino-alcohol motifs (C(OH)–C–C–N with tert-alkyl or cyclic N) is 1. The molecule has 1 aromatic carbocycles. The largest absolute Gasteiger partial charge is 0.497 e. The molecule has 1 aliphatic rings. The average molecular weight is 401 g/mol. The molecular weight excluding hydrogens is 371 g/mol. The van der Waals surface area contributed by atoms with E-state index in [0.717, 1.165) is 0 Å². The van der Waals surface area contributed by atoms with E-state index in [1.165, 1.54) is 7.11 Å². The quantitative estimate of drug-likeness (QED) is 0.770. The Morgan fingerprint density at radius 2 is 2.15 bits per heavy atom. The van der Waals surface area contributed by atoms with Crippen molar-refractivity contribution in [1.29, 1.82) is 0 Å². The number of likely N-dealkylation sites (tertiary alicyclic amines) is 1. The monoisotopic (exact) mass is 400 g/mol.